The SMILES string of the molecule is CCCNC(COCC)C1COC(C)C1. The van der Waals surface area contributed by atoms with Crippen LogP contribution in [0.5, 0.6) is 0 Å². The topological polar surface area (TPSA) is 30.5 Å². The maximum absolute atomic E-state index is 5.61. The van der Waals surface area contributed by atoms with Crippen LogP contribution in [0.1, 0.15) is 33.6 Å². The fourth-order valence-electron chi connectivity index (χ4n) is 2.07. The molecule has 15 heavy (non-hydrogen) atoms. The molecule has 1 rings (SSSR count). The Morgan fingerprint density at radius 3 is 2.80 bits per heavy atom. The molecule has 0 aromatic carbocycles. The van der Waals surface area contributed by atoms with Gasteiger partial charge in [-0.2, -0.15) is 0 Å². The van der Waals surface area contributed by atoms with Crippen LogP contribution in [0.4, 0.5) is 0 Å². The molecule has 0 aromatic heterocycles. The molecule has 0 spiro atoms. The Balaban J connectivity index is 2.32. The molecule has 90 valence electrons. The van der Waals surface area contributed by atoms with Crippen LogP contribution in [0.2, 0.25) is 0 Å². The van der Waals surface area contributed by atoms with Gasteiger partial charge in [-0.1, -0.05) is 6.92 Å². The zero-order chi connectivity index (χ0) is 11.1. The highest BCUT2D eigenvalue weighted by atomic mass is 16.5. The van der Waals surface area contributed by atoms with Crippen molar-refractivity contribution >= 4 is 0 Å². The third-order valence-electron chi connectivity index (χ3n) is 2.96. The van der Waals surface area contributed by atoms with E-state index >= 15 is 0 Å². The van der Waals surface area contributed by atoms with Crippen LogP contribution in [0, 0.1) is 5.92 Å². The van der Waals surface area contributed by atoms with E-state index in [-0.39, 0.29) is 0 Å². The van der Waals surface area contributed by atoms with Crippen LogP contribution in [0.15, 0.2) is 0 Å². The molecule has 1 fully saturated rings. The summed E-state index contributed by atoms with van der Waals surface area (Å²) in [6, 6.07) is 0.467. The highest BCUT2D eigenvalue weighted by Gasteiger charge is 2.29. The van der Waals surface area contributed by atoms with Crippen molar-refractivity contribution in [3.05, 3.63) is 0 Å². The molecule has 1 heterocycles. The Morgan fingerprint density at radius 2 is 2.27 bits per heavy atom. The fraction of sp³-hybridized carbons (Fsp3) is 1.00. The predicted octanol–water partition coefficient (Wildman–Crippen LogP) is 1.82. The summed E-state index contributed by atoms with van der Waals surface area (Å²) < 4.78 is 11.1. The second-order valence-electron chi connectivity index (χ2n) is 4.36. The summed E-state index contributed by atoms with van der Waals surface area (Å²) >= 11 is 0. The lowest BCUT2D eigenvalue weighted by Gasteiger charge is -2.23. The van der Waals surface area contributed by atoms with E-state index in [1.165, 1.54) is 6.42 Å². The van der Waals surface area contributed by atoms with Crippen molar-refractivity contribution in [2.45, 2.75) is 45.8 Å². The first-order valence-electron chi connectivity index (χ1n) is 6.20. The summed E-state index contributed by atoms with van der Waals surface area (Å²) in [7, 11) is 0. The molecule has 3 atom stereocenters. The summed E-state index contributed by atoms with van der Waals surface area (Å²) in [6.45, 7) is 9.96. The molecule has 3 nitrogen and oxygen atoms in total. The van der Waals surface area contributed by atoms with Crippen LogP contribution in [-0.4, -0.2) is 38.5 Å². The monoisotopic (exact) mass is 215 g/mol. The van der Waals surface area contributed by atoms with E-state index < -0.39 is 0 Å². The lowest BCUT2D eigenvalue weighted by molar-refractivity contribution is 0.0882. The van der Waals surface area contributed by atoms with Gasteiger partial charge in [0, 0.05) is 18.6 Å². The lowest BCUT2D eigenvalue weighted by Crippen LogP contribution is -2.41. The van der Waals surface area contributed by atoms with Gasteiger partial charge >= 0.3 is 0 Å². The van der Waals surface area contributed by atoms with Crippen LogP contribution >= 0.6 is 0 Å². The molecule has 0 aromatic rings. The standard InChI is InChI=1S/C12H25NO2/c1-4-6-13-12(9-14-5-2)11-7-10(3)15-8-11/h10-13H,4-9H2,1-3H3. The van der Waals surface area contributed by atoms with Gasteiger partial charge in [0.25, 0.3) is 0 Å². The van der Waals surface area contributed by atoms with Gasteiger partial charge < -0.3 is 14.8 Å². The zero-order valence-corrected chi connectivity index (χ0v) is 10.3. The molecule has 0 bridgehead atoms. The molecule has 1 N–H and O–H groups in total. The molecule has 1 aliphatic heterocycles. The molecular formula is C12H25NO2. The van der Waals surface area contributed by atoms with Crippen molar-refractivity contribution in [2.24, 2.45) is 5.92 Å². The minimum atomic E-state index is 0.419. The average Bonchev–Trinajstić information content (AvgIpc) is 2.65. The second-order valence-corrected chi connectivity index (χ2v) is 4.36. The van der Waals surface area contributed by atoms with Gasteiger partial charge in [-0.15, -0.1) is 0 Å². The van der Waals surface area contributed by atoms with Crippen molar-refractivity contribution in [3.8, 4) is 0 Å². The van der Waals surface area contributed by atoms with E-state index in [1.54, 1.807) is 0 Å². The lowest BCUT2D eigenvalue weighted by atomic mass is 9.97. The maximum Gasteiger partial charge on any atom is 0.0623 e. The Morgan fingerprint density at radius 1 is 1.47 bits per heavy atom. The molecule has 0 saturated carbocycles. The number of ether oxygens (including phenoxy) is 2. The summed E-state index contributed by atoms with van der Waals surface area (Å²) in [4.78, 5) is 0. The number of hydrogen-bond acceptors (Lipinski definition) is 3. The fourth-order valence-corrected chi connectivity index (χ4v) is 2.07. The molecule has 1 saturated heterocycles. The number of nitrogens with one attached hydrogen (secondary N) is 1. The quantitative estimate of drug-likeness (QED) is 0.702. The highest BCUT2D eigenvalue weighted by molar-refractivity contribution is 4.82. The molecule has 3 unspecified atom stereocenters. The Hall–Kier alpha value is -0.120. The smallest absolute Gasteiger partial charge is 0.0623 e. The Labute approximate surface area is 93.5 Å². The van der Waals surface area contributed by atoms with Gasteiger partial charge in [0.2, 0.25) is 0 Å². The van der Waals surface area contributed by atoms with Gasteiger partial charge in [0.05, 0.1) is 19.3 Å². The van der Waals surface area contributed by atoms with Crippen LogP contribution in [0.25, 0.3) is 0 Å². The predicted molar refractivity (Wildman–Crippen MR) is 62.1 cm³/mol. The van der Waals surface area contributed by atoms with Gasteiger partial charge in [-0.25, -0.2) is 0 Å². The maximum atomic E-state index is 5.61. The average molecular weight is 215 g/mol. The van der Waals surface area contributed by atoms with E-state index in [0.717, 1.165) is 32.8 Å². The molecule has 0 aliphatic carbocycles. The molecule has 1 aliphatic rings. The van der Waals surface area contributed by atoms with Crippen LogP contribution in [-0.2, 0) is 9.47 Å². The third kappa shape index (κ3) is 4.49. The summed E-state index contributed by atoms with van der Waals surface area (Å²) in [6.07, 6.45) is 2.75. The van der Waals surface area contributed by atoms with Crippen LogP contribution in [0.3, 0.4) is 0 Å². The van der Waals surface area contributed by atoms with Gasteiger partial charge in [0.15, 0.2) is 0 Å². The van der Waals surface area contributed by atoms with E-state index in [1.807, 2.05) is 6.92 Å². The number of hydrogen-bond donors (Lipinski definition) is 1. The largest absolute Gasteiger partial charge is 0.380 e. The minimum Gasteiger partial charge on any atom is -0.380 e. The normalized spacial score (nSPS) is 28.2. The van der Waals surface area contributed by atoms with Gasteiger partial charge in [-0.05, 0) is 33.2 Å². The molecular weight excluding hydrogens is 190 g/mol. The van der Waals surface area contributed by atoms with E-state index in [2.05, 4.69) is 19.2 Å². The van der Waals surface area contributed by atoms with E-state index in [9.17, 15) is 0 Å². The highest BCUT2D eigenvalue weighted by Crippen LogP contribution is 2.22. The third-order valence-corrected chi connectivity index (χ3v) is 2.96. The van der Waals surface area contributed by atoms with Gasteiger partial charge in [0.1, 0.15) is 0 Å². The second kappa shape index (κ2) is 7.20. The van der Waals surface area contributed by atoms with E-state index in [0.29, 0.717) is 18.1 Å². The zero-order valence-electron chi connectivity index (χ0n) is 10.3. The first kappa shape index (κ1) is 12.9. The molecule has 3 heteroatoms. The summed E-state index contributed by atoms with van der Waals surface area (Å²) in [5, 5.41) is 3.56. The van der Waals surface area contributed by atoms with Gasteiger partial charge in [-0.3, -0.25) is 0 Å². The first-order valence-corrected chi connectivity index (χ1v) is 6.20. The summed E-state index contributed by atoms with van der Waals surface area (Å²) in [5.74, 6) is 0.623. The Bertz CT molecular complexity index is 156. The number of rotatable bonds is 7. The summed E-state index contributed by atoms with van der Waals surface area (Å²) in [5.41, 5.74) is 0. The van der Waals surface area contributed by atoms with Crippen molar-refractivity contribution in [1.82, 2.24) is 5.32 Å². The van der Waals surface area contributed by atoms with Crippen molar-refractivity contribution in [1.29, 1.82) is 0 Å². The molecule has 0 amide bonds. The van der Waals surface area contributed by atoms with E-state index in [4.69, 9.17) is 9.47 Å². The Kier molecular flexibility index (Phi) is 6.22. The van der Waals surface area contributed by atoms with Crippen molar-refractivity contribution in [2.75, 3.05) is 26.4 Å². The minimum absolute atomic E-state index is 0.419. The van der Waals surface area contributed by atoms with Crippen LogP contribution < -0.4 is 5.32 Å². The first-order chi connectivity index (χ1) is 7.27. The van der Waals surface area contributed by atoms with Crippen molar-refractivity contribution < 1.29 is 9.47 Å². The molecule has 0 radical (unpaired) electrons. The van der Waals surface area contributed by atoms with Crippen molar-refractivity contribution in [3.63, 3.8) is 0 Å².